The Labute approximate surface area is 147 Å². The van der Waals surface area contributed by atoms with E-state index in [-0.39, 0.29) is 17.1 Å². The Bertz CT molecular complexity index is 975. The lowest BCUT2D eigenvalue weighted by atomic mass is 9.97. The topological polar surface area (TPSA) is 37.3 Å². The van der Waals surface area contributed by atoms with Crippen molar-refractivity contribution in [3.05, 3.63) is 108 Å². The quantitative estimate of drug-likeness (QED) is 0.431. The molecule has 3 aromatic rings. The van der Waals surface area contributed by atoms with Crippen LogP contribution >= 0.6 is 0 Å². The van der Waals surface area contributed by atoms with Gasteiger partial charge in [-0.3, -0.25) is 4.79 Å². The number of phenolic OH excluding ortho intramolecular Hbond substituents is 1. The Balaban J connectivity index is 1.84. The summed E-state index contributed by atoms with van der Waals surface area (Å²) < 4.78 is 0. The van der Waals surface area contributed by atoms with E-state index in [2.05, 4.69) is 18.4 Å². The smallest absolute Gasteiger partial charge is 0.196 e. The van der Waals surface area contributed by atoms with Crippen molar-refractivity contribution < 1.29 is 9.90 Å². The van der Waals surface area contributed by atoms with Crippen LogP contribution in [0.1, 0.15) is 27.0 Å². The van der Waals surface area contributed by atoms with Crippen LogP contribution in [0.2, 0.25) is 0 Å². The lowest BCUT2D eigenvalue weighted by Crippen LogP contribution is -2.02. The molecule has 3 aromatic carbocycles. The predicted molar refractivity (Wildman–Crippen MR) is 100 cm³/mol. The first-order valence-electron chi connectivity index (χ1n) is 7.84. The maximum Gasteiger partial charge on any atom is 0.196 e. The molecule has 0 aliphatic rings. The lowest BCUT2D eigenvalue weighted by Gasteiger charge is -2.07. The third-order valence-electron chi connectivity index (χ3n) is 3.76. The fourth-order valence-corrected chi connectivity index (χ4v) is 2.40. The van der Waals surface area contributed by atoms with Crippen molar-refractivity contribution in [2.75, 3.05) is 0 Å². The van der Waals surface area contributed by atoms with Crippen LogP contribution in [0, 0.1) is 11.8 Å². The highest BCUT2D eigenvalue weighted by atomic mass is 16.3. The largest absolute Gasteiger partial charge is 0.507 e. The number of hydrogen-bond acceptors (Lipinski definition) is 2. The van der Waals surface area contributed by atoms with Crippen molar-refractivity contribution in [2.45, 2.75) is 0 Å². The van der Waals surface area contributed by atoms with E-state index in [1.54, 1.807) is 12.1 Å². The number of Topliss-reactive ketones (excluding diaryl/α,β-unsaturated/α-hetero) is 1. The number of phenols is 1. The molecule has 0 heterocycles. The molecule has 3 rings (SSSR count). The normalized spacial score (nSPS) is 9.76. The molecular weight excluding hydrogens is 308 g/mol. The third kappa shape index (κ3) is 3.85. The van der Waals surface area contributed by atoms with Gasteiger partial charge in [-0.2, -0.15) is 0 Å². The fourth-order valence-electron chi connectivity index (χ4n) is 2.40. The first-order chi connectivity index (χ1) is 12.1. The first kappa shape index (κ1) is 16.3. The molecule has 25 heavy (non-hydrogen) atoms. The van der Waals surface area contributed by atoms with Gasteiger partial charge in [-0.25, -0.2) is 0 Å². The second kappa shape index (κ2) is 7.33. The van der Waals surface area contributed by atoms with E-state index >= 15 is 0 Å². The molecule has 2 nitrogen and oxygen atoms in total. The van der Waals surface area contributed by atoms with Gasteiger partial charge in [0.1, 0.15) is 5.75 Å². The highest BCUT2D eigenvalue weighted by Gasteiger charge is 2.16. The van der Waals surface area contributed by atoms with Crippen molar-refractivity contribution in [3.8, 4) is 17.6 Å². The summed E-state index contributed by atoms with van der Waals surface area (Å²) in [4.78, 5) is 12.6. The molecule has 0 bridgehead atoms. The molecule has 0 saturated carbocycles. The van der Waals surface area contributed by atoms with E-state index in [1.165, 1.54) is 6.07 Å². The number of hydrogen-bond donors (Lipinski definition) is 1. The highest BCUT2D eigenvalue weighted by Crippen LogP contribution is 2.25. The molecule has 0 aliphatic carbocycles. The zero-order chi connectivity index (χ0) is 17.6. The Morgan fingerprint density at radius 3 is 2.04 bits per heavy atom. The summed E-state index contributed by atoms with van der Waals surface area (Å²) in [6.45, 7) is 3.85. The average Bonchev–Trinajstić information content (AvgIpc) is 2.67. The molecule has 0 fully saturated rings. The molecule has 0 atom stereocenters. The van der Waals surface area contributed by atoms with Crippen molar-refractivity contribution in [1.29, 1.82) is 0 Å². The van der Waals surface area contributed by atoms with Crippen LogP contribution in [0.4, 0.5) is 0 Å². The van der Waals surface area contributed by atoms with Gasteiger partial charge in [-0.15, -0.1) is 0 Å². The van der Waals surface area contributed by atoms with Crippen molar-refractivity contribution in [2.24, 2.45) is 0 Å². The lowest BCUT2D eigenvalue weighted by molar-refractivity contribution is 0.105. The maximum absolute atomic E-state index is 12.6. The van der Waals surface area contributed by atoms with Crippen molar-refractivity contribution in [3.63, 3.8) is 0 Å². The molecule has 0 aromatic heterocycles. The van der Waals surface area contributed by atoms with Crippen molar-refractivity contribution >= 4 is 11.4 Å². The van der Waals surface area contributed by atoms with Crippen LogP contribution in [-0.4, -0.2) is 10.9 Å². The SMILES string of the molecule is C=C(C(=O)c1ccc(C#Cc2ccccc2)cc1O)c1ccccc1. The number of allylic oxidation sites excluding steroid dienone is 1. The molecule has 2 heteroatoms. The second-order valence-electron chi connectivity index (χ2n) is 5.52. The number of benzene rings is 3. The number of carbonyl (C=O) groups excluding carboxylic acids is 1. The van der Waals surface area contributed by atoms with Gasteiger partial charge in [0.2, 0.25) is 0 Å². The van der Waals surface area contributed by atoms with Crippen LogP contribution < -0.4 is 0 Å². The van der Waals surface area contributed by atoms with Crippen molar-refractivity contribution in [1.82, 2.24) is 0 Å². The molecule has 0 aliphatic heterocycles. The maximum atomic E-state index is 12.6. The van der Waals surface area contributed by atoms with Crippen LogP contribution in [-0.2, 0) is 0 Å². The van der Waals surface area contributed by atoms with E-state index in [1.807, 2.05) is 60.7 Å². The number of rotatable bonds is 3. The van der Waals surface area contributed by atoms with Gasteiger partial charge in [0.25, 0.3) is 0 Å². The van der Waals surface area contributed by atoms with Gasteiger partial charge >= 0.3 is 0 Å². The zero-order valence-corrected chi connectivity index (χ0v) is 13.6. The van der Waals surface area contributed by atoms with E-state index in [0.717, 1.165) is 11.1 Å². The number of carbonyl (C=O) groups is 1. The van der Waals surface area contributed by atoms with E-state index in [9.17, 15) is 9.90 Å². The fraction of sp³-hybridized carbons (Fsp3) is 0. The molecule has 0 saturated heterocycles. The molecule has 120 valence electrons. The summed E-state index contributed by atoms with van der Waals surface area (Å²) in [6.07, 6.45) is 0. The number of aromatic hydroxyl groups is 1. The van der Waals surface area contributed by atoms with E-state index in [0.29, 0.717) is 11.1 Å². The van der Waals surface area contributed by atoms with Crippen LogP contribution in [0.15, 0.2) is 85.4 Å². The monoisotopic (exact) mass is 324 g/mol. The molecule has 1 N–H and O–H groups in total. The summed E-state index contributed by atoms with van der Waals surface area (Å²) in [5.41, 5.74) is 2.83. The summed E-state index contributed by atoms with van der Waals surface area (Å²) in [5, 5.41) is 10.2. The number of ketones is 1. The minimum absolute atomic E-state index is 0.0954. The van der Waals surface area contributed by atoms with Crippen LogP contribution in [0.5, 0.6) is 5.75 Å². The Morgan fingerprint density at radius 2 is 1.40 bits per heavy atom. The minimum atomic E-state index is -0.300. The summed E-state index contributed by atoms with van der Waals surface area (Å²) >= 11 is 0. The predicted octanol–water partition coefficient (Wildman–Crippen LogP) is 4.69. The summed E-state index contributed by atoms with van der Waals surface area (Å²) in [6, 6.07) is 23.6. The zero-order valence-electron chi connectivity index (χ0n) is 13.6. The summed E-state index contributed by atoms with van der Waals surface area (Å²) in [5.74, 6) is 5.61. The first-order valence-corrected chi connectivity index (χ1v) is 7.84. The average molecular weight is 324 g/mol. The van der Waals surface area contributed by atoms with Gasteiger partial charge in [0.05, 0.1) is 5.56 Å². The molecular formula is C23H16O2. The van der Waals surface area contributed by atoms with Crippen LogP contribution in [0.3, 0.4) is 0 Å². The molecule has 0 radical (unpaired) electrons. The van der Waals surface area contributed by atoms with Gasteiger partial charge in [-0.1, -0.05) is 67.0 Å². The third-order valence-corrected chi connectivity index (χ3v) is 3.76. The van der Waals surface area contributed by atoms with Gasteiger partial charge in [0, 0.05) is 16.7 Å². The highest BCUT2D eigenvalue weighted by molar-refractivity contribution is 6.29. The molecule has 0 amide bonds. The van der Waals surface area contributed by atoms with Crippen LogP contribution in [0.25, 0.3) is 5.57 Å². The minimum Gasteiger partial charge on any atom is -0.507 e. The Hall–Kier alpha value is -3.57. The van der Waals surface area contributed by atoms with Gasteiger partial charge in [0.15, 0.2) is 5.78 Å². The van der Waals surface area contributed by atoms with Gasteiger partial charge < -0.3 is 5.11 Å². The second-order valence-corrected chi connectivity index (χ2v) is 5.52. The summed E-state index contributed by atoms with van der Waals surface area (Å²) in [7, 11) is 0. The van der Waals surface area contributed by atoms with Gasteiger partial charge in [-0.05, 0) is 35.9 Å². The standard InChI is InChI=1S/C23H16O2/c1-17(20-10-6-3-7-11-20)23(25)21-15-14-19(16-22(21)24)13-12-18-8-4-2-5-9-18/h2-11,14-16,24H,1H2. The van der Waals surface area contributed by atoms with E-state index in [4.69, 9.17) is 0 Å². The Morgan fingerprint density at radius 1 is 0.800 bits per heavy atom. The molecule has 0 spiro atoms. The van der Waals surface area contributed by atoms with E-state index < -0.39 is 0 Å². The molecule has 0 unspecified atom stereocenters. The Kier molecular flexibility index (Phi) is 4.78.